The Morgan fingerprint density at radius 2 is 2.05 bits per heavy atom. The van der Waals surface area contributed by atoms with Crippen LogP contribution in [0.25, 0.3) is 11.3 Å². The Labute approximate surface area is 137 Å². The van der Waals surface area contributed by atoms with Gasteiger partial charge in [0.25, 0.3) is 0 Å². The summed E-state index contributed by atoms with van der Waals surface area (Å²) < 4.78 is 10.6. The van der Waals surface area contributed by atoms with Gasteiger partial charge in [-0.3, -0.25) is 0 Å². The summed E-state index contributed by atoms with van der Waals surface area (Å²) in [6, 6.07) is 10.9. The fourth-order valence-corrected chi connectivity index (χ4v) is 2.43. The molecule has 0 aliphatic heterocycles. The van der Waals surface area contributed by atoms with Gasteiger partial charge < -0.3 is 14.5 Å². The molecule has 20 heavy (non-hydrogen) atoms. The van der Waals surface area contributed by atoms with Crippen molar-refractivity contribution in [1.29, 1.82) is 0 Å². The van der Waals surface area contributed by atoms with Crippen molar-refractivity contribution in [3.8, 4) is 22.8 Å². The minimum Gasteiger partial charge on any atom is -0.540 e. The largest absolute Gasteiger partial charge is 0.540 e. The second-order valence-corrected chi connectivity index (χ2v) is 5.13. The van der Waals surface area contributed by atoms with E-state index < -0.39 is 0 Å². The van der Waals surface area contributed by atoms with Crippen molar-refractivity contribution in [2.24, 2.45) is 0 Å². The van der Waals surface area contributed by atoms with Gasteiger partial charge in [-0.15, -0.1) is 23.9 Å². The molecule has 1 radical (unpaired) electrons. The van der Waals surface area contributed by atoms with E-state index in [-0.39, 0.29) is 20.1 Å². The number of thioether (sulfide) groups is 1. The summed E-state index contributed by atoms with van der Waals surface area (Å²) in [7, 11) is 3.26. The minimum atomic E-state index is 0. The van der Waals surface area contributed by atoms with E-state index in [1.54, 1.807) is 32.0 Å². The molecule has 1 heterocycles. The van der Waals surface area contributed by atoms with Gasteiger partial charge in [0.15, 0.2) is 0 Å². The summed E-state index contributed by atoms with van der Waals surface area (Å²) in [5, 5.41) is 0. The quantitative estimate of drug-likeness (QED) is 0.497. The van der Waals surface area contributed by atoms with Crippen LogP contribution in [-0.4, -0.2) is 25.0 Å². The number of benzene rings is 1. The molecule has 0 N–H and O–H groups in total. The first-order valence-corrected chi connectivity index (χ1v) is 7.00. The van der Waals surface area contributed by atoms with Crippen LogP contribution in [0.5, 0.6) is 11.5 Å². The van der Waals surface area contributed by atoms with Gasteiger partial charge in [-0.25, -0.2) is 0 Å². The third kappa shape index (κ3) is 3.98. The van der Waals surface area contributed by atoms with Crippen LogP contribution in [0.4, 0.5) is 0 Å². The molecule has 0 fully saturated rings. The van der Waals surface area contributed by atoms with Gasteiger partial charge >= 0.3 is 0 Å². The van der Waals surface area contributed by atoms with Crippen LogP contribution in [0.1, 0.15) is 6.92 Å². The molecule has 0 spiro atoms. The van der Waals surface area contributed by atoms with Crippen LogP contribution in [0.3, 0.4) is 0 Å². The fourth-order valence-electron chi connectivity index (χ4n) is 1.74. The molecule has 1 aromatic heterocycles. The Morgan fingerprint density at radius 1 is 1.25 bits per heavy atom. The summed E-state index contributed by atoms with van der Waals surface area (Å²) in [6.45, 7) is 2.13. The van der Waals surface area contributed by atoms with Crippen molar-refractivity contribution in [1.82, 2.24) is 4.98 Å². The molecule has 0 aliphatic carbocycles. The molecule has 2 aromatic rings. The summed E-state index contributed by atoms with van der Waals surface area (Å²) in [5.74, 6) is 2.47. The average Bonchev–Trinajstić information content (AvgIpc) is 2.47. The fraction of sp³-hybridized carbons (Fsp3) is 0.267. The van der Waals surface area contributed by atoms with Crippen LogP contribution in [0.15, 0.2) is 35.4 Å². The van der Waals surface area contributed by atoms with E-state index in [0.717, 1.165) is 22.8 Å². The minimum absolute atomic E-state index is 0. The zero-order chi connectivity index (χ0) is 13.7. The van der Waals surface area contributed by atoms with E-state index in [1.807, 2.05) is 18.3 Å². The van der Waals surface area contributed by atoms with E-state index in [9.17, 15) is 0 Å². The predicted octanol–water partition coefficient (Wildman–Crippen LogP) is 3.68. The smallest absolute Gasteiger partial charge is 0.0647 e. The molecule has 1 aromatic carbocycles. The maximum absolute atomic E-state index is 5.38. The molecule has 0 amide bonds. The molecule has 3 nitrogen and oxygen atoms in total. The van der Waals surface area contributed by atoms with Crippen molar-refractivity contribution < 1.29 is 29.6 Å². The first-order valence-electron chi connectivity index (χ1n) is 6.01. The molecular weight excluding hydrogens is 450 g/mol. The van der Waals surface area contributed by atoms with E-state index >= 15 is 0 Å². The van der Waals surface area contributed by atoms with Crippen molar-refractivity contribution >= 4 is 11.8 Å². The molecule has 0 saturated heterocycles. The van der Waals surface area contributed by atoms with Crippen LogP contribution < -0.4 is 9.47 Å². The molecule has 0 aliphatic rings. The number of nitrogens with zero attached hydrogens (tertiary/aromatic N) is 1. The Kier molecular flexibility index (Phi) is 7.06. The normalized spacial score (nSPS) is 9.75. The van der Waals surface area contributed by atoms with Crippen molar-refractivity contribution in [2.75, 3.05) is 20.0 Å². The van der Waals surface area contributed by atoms with Gasteiger partial charge in [0.05, 0.1) is 14.2 Å². The summed E-state index contributed by atoms with van der Waals surface area (Å²) in [4.78, 5) is 5.58. The predicted molar refractivity (Wildman–Crippen MR) is 78.0 cm³/mol. The molecule has 0 unspecified atom stereocenters. The molecule has 2 rings (SSSR count). The number of pyridine rings is 1. The topological polar surface area (TPSA) is 31.4 Å². The Hall–Kier alpha value is -1.03. The number of methoxy groups -OCH3 is 2. The number of rotatable bonds is 5. The first-order chi connectivity index (χ1) is 9.28. The van der Waals surface area contributed by atoms with Gasteiger partial charge in [0.2, 0.25) is 0 Å². The van der Waals surface area contributed by atoms with Gasteiger partial charge in [-0.1, -0.05) is 24.6 Å². The Balaban J connectivity index is 0.00000200. The van der Waals surface area contributed by atoms with Crippen LogP contribution >= 0.6 is 11.8 Å². The van der Waals surface area contributed by atoms with E-state index in [2.05, 4.69) is 24.0 Å². The van der Waals surface area contributed by atoms with Crippen molar-refractivity contribution in [3.05, 3.63) is 36.5 Å². The standard InChI is InChI=1S/C15H16NO2S.Ir/c1-4-19-12-7-8-16-14(10-12)13-6-5-11(17-2)9-15(13)18-3;/h5,7-10H,4H2,1-3H3;/q-1;. The third-order valence-electron chi connectivity index (χ3n) is 2.63. The SMILES string of the molecule is CCSc1ccnc(-c2[c-]cc(OC)cc2OC)c1.[Ir]. The van der Waals surface area contributed by atoms with Gasteiger partial charge in [-0.2, -0.15) is 0 Å². The summed E-state index contributed by atoms with van der Waals surface area (Å²) in [5.41, 5.74) is 1.71. The van der Waals surface area contributed by atoms with Crippen molar-refractivity contribution in [3.63, 3.8) is 0 Å². The number of hydrogen-bond donors (Lipinski definition) is 0. The molecule has 0 bridgehead atoms. The number of ether oxygens (including phenoxy) is 2. The molecule has 0 saturated carbocycles. The molecule has 109 valence electrons. The zero-order valence-corrected chi connectivity index (χ0v) is 14.8. The average molecular weight is 467 g/mol. The summed E-state index contributed by atoms with van der Waals surface area (Å²) >= 11 is 1.79. The number of hydrogen-bond acceptors (Lipinski definition) is 4. The monoisotopic (exact) mass is 467 g/mol. The Morgan fingerprint density at radius 3 is 2.70 bits per heavy atom. The maximum atomic E-state index is 5.38. The summed E-state index contributed by atoms with van der Waals surface area (Å²) in [6.07, 6.45) is 1.81. The second-order valence-electron chi connectivity index (χ2n) is 3.79. The third-order valence-corrected chi connectivity index (χ3v) is 3.51. The second kappa shape index (κ2) is 8.30. The molecular formula is C15H16IrNO2S-. The van der Waals surface area contributed by atoms with Crippen LogP contribution in [-0.2, 0) is 20.1 Å². The van der Waals surface area contributed by atoms with E-state index in [1.165, 1.54) is 4.90 Å². The Bertz CT molecular complexity index is 563. The van der Waals surface area contributed by atoms with E-state index in [4.69, 9.17) is 9.47 Å². The molecule has 0 atom stereocenters. The first kappa shape index (κ1) is 17.0. The molecule has 5 heteroatoms. The van der Waals surface area contributed by atoms with Gasteiger partial charge in [0.1, 0.15) is 0 Å². The van der Waals surface area contributed by atoms with Crippen LogP contribution in [0, 0.1) is 6.07 Å². The maximum Gasteiger partial charge on any atom is 0.0647 e. The van der Waals surface area contributed by atoms with Crippen molar-refractivity contribution in [2.45, 2.75) is 11.8 Å². The number of aromatic nitrogens is 1. The zero-order valence-electron chi connectivity index (χ0n) is 11.6. The van der Waals surface area contributed by atoms with Crippen LogP contribution in [0.2, 0.25) is 0 Å². The van der Waals surface area contributed by atoms with Gasteiger partial charge in [-0.05, 0) is 17.5 Å². The van der Waals surface area contributed by atoms with Gasteiger partial charge in [0, 0.05) is 42.7 Å². The van der Waals surface area contributed by atoms with E-state index in [0.29, 0.717) is 5.75 Å².